The largest absolute Gasteiger partial charge is 0.495 e. The van der Waals surface area contributed by atoms with Crippen LogP contribution in [-0.2, 0) is 0 Å². The Morgan fingerprint density at radius 2 is 2.10 bits per heavy atom. The van der Waals surface area contributed by atoms with Gasteiger partial charge in [-0.25, -0.2) is 0 Å². The van der Waals surface area contributed by atoms with Crippen LogP contribution in [0.15, 0.2) is 36.5 Å². The summed E-state index contributed by atoms with van der Waals surface area (Å²) >= 11 is 12.4. The van der Waals surface area contributed by atoms with Gasteiger partial charge in [-0.1, -0.05) is 30.1 Å². The molecule has 5 heteroatoms. The Bertz CT molecular complexity index is 590. The van der Waals surface area contributed by atoms with Crippen molar-refractivity contribution >= 4 is 23.2 Å². The average molecular weight is 311 g/mol. The smallest absolute Gasteiger partial charge is 0.142 e. The molecule has 1 heterocycles. The normalized spacial score (nSPS) is 12.2. The zero-order chi connectivity index (χ0) is 14.5. The number of pyridine rings is 1. The molecular weight excluding hydrogens is 295 g/mol. The molecule has 1 N–H and O–H groups in total. The van der Waals surface area contributed by atoms with Crippen LogP contribution in [0, 0.1) is 0 Å². The number of hydrogen-bond acceptors (Lipinski definition) is 3. The number of rotatable bonds is 5. The Balaban J connectivity index is 2.53. The highest BCUT2D eigenvalue weighted by atomic mass is 35.5. The van der Waals surface area contributed by atoms with E-state index in [4.69, 9.17) is 27.9 Å². The number of nitrogens with one attached hydrogen (secondary N) is 1. The summed E-state index contributed by atoms with van der Waals surface area (Å²) in [4.78, 5) is 4.43. The van der Waals surface area contributed by atoms with E-state index < -0.39 is 0 Å². The fraction of sp³-hybridized carbons (Fsp3) is 0.267. The SMILES string of the molecule is CCNC(c1cc(Cl)ccc1Cl)c1ncccc1OC. The summed E-state index contributed by atoms with van der Waals surface area (Å²) in [6, 6.07) is 8.97. The number of hydrogen-bond donors (Lipinski definition) is 1. The van der Waals surface area contributed by atoms with Gasteiger partial charge in [0.15, 0.2) is 0 Å². The number of halogens is 2. The maximum absolute atomic E-state index is 6.30. The first kappa shape index (κ1) is 15.1. The van der Waals surface area contributed by atoms with Crippen molar-refractivity contribution in [3.63, 3.8) is 0 Å². The van der Waals surface area contributed by atoms with Gasteiger partial charge >= 0.3 is 0 Å². The summed E-state index contributed by atoms with van der Waals surface area (Å²) in [5, 5.41) is 4.66. The lowest BCUT2D eigenvalue weighted by atomic mass is 10.0. The van der Waals surface area contributed by atoms with Crippen LogP contribution in [0.3, 0.4) is 0 Å². The molecule has 2 rings (SSSR count). The molecule has 3 nitrogen and oxygen atoms in total. The third kappa shape index (κ3) is 3.23. The van der Waals surface area contributed by atoms with Gasteiger partial charge in [0.25, 0.3) is 0 Å². The zero-order valence-electron chi connectivity index (χ0n) is 11.4. The van der Waals surface area contributed by atoms with Crippen molar-refractivity contribution in [1.29, 1.82) is 0 Å². The highest BCUT2D eigenvalue weighted by Crippen LogP contribution is 2.33. The molecular formula is C15H16Cl2N2O. The highest BCUT2D eigenvalue weighted by Gasteiger charge is 2.21. The molecule has 2 aromatic rings. The third-order valence-electron chi connectivity index (χ3n) is 2.97. The molecule has 106 valence electrons. The van der Waals surface area contributed by atoms with E-state index in [0.717, 1.165) is 23.6 Å². The van der Waals surface area contributed by atoms with Crippen molar-refractivity contribution in [2.45, 2.75) is 13.0 Å². The number of methoxy groups -OCH3 is 1. The topological polar surface area (TPSA) is 34.2 Å². The van der Waals surface area contributed by atoms with E-state index in [9.17, 15) is 0 Å². The van der Waals surface area contributed by atoms with Crippen molar-refractivity contribution in [3.05, 3.63) is 57.8 Å². The first-order valence-corrected chi connectivity index (χ1v) is 7.10. The Kier molecular flexibility index (Phi) is 5.24. The first-order chi connectivity index (χ1) is 9.67. The van der Waals surface area contributed by atoms with E-state index in [0.29, 0.717) is 10.0 Å². The van der Waals surface area contributed by atoms with Crippen molar-refractivity contribution < 1.29 is 4.74 Å². The standard InChI is InChI=1S/C15H16Cl2N2O/c1-3-18-14(11-9-10(16)6-7-12(11)17)15-13(20-2)5-4-8-19-15/h4-9,14,18H,3H2,1-2H3. The van der Waals surface area contributed by atoms with E-state index >= 15 is 0 Å². The minimum Gasteiger partial charge on any atom is -0.495 e. The number of ether oxygens (including phenoxy) is 1. The predicted octanol–water partition coefficient (Wildman–Crippen LogP) is 4.10. The summed E-state index contributed by atoms with van der Waals surface area (Å²) in [7, 11) is 1.63. The molecule has 0 bridgehead atoms. The molecule has 0 amide bonds. The lowest BCUT2D eigenvalue weighted by Crippen LogP contribution is -2.23. The van der Waals surface area contributed by atoms with Gasteiger partial charge in [-0.3, -0.25) is 4.98 Å². The minimum absolute atomic E-state index is 0.164. The van der Waals surface area contributed by atoms with Gasteiger partial charge in [-0.15, -0.1) is 0 Å². The molecule has 0 fully saturated rings. The molecule has 1 atom stereocenters. The fourth-order valence-electron chi connectivity index (χ4n) is 2.09. The minimum atomic E-state index is -0.164. The summed E-state index contributed by atoms with van der Waals surface area (Å²) in [6.45, 7) is 2.80. The Morgan fingerprint density at radius 1 is 1.30 bits per heavy atom. The Morgan fingerprint density at radius 3 is 2.80 bits per heavy atom. The van der Waals surface area contributed by atoms with Crippen LogP contribution in [0.5, 0.6) is 5.75 Å². The predicted molar refractivity (Wildman–Crippen MR) is 82.8 cm³/mol. The van der Waals surface area contributed by atoms with Crippen LogP contribution in [0.2, 0.25) is 10.0 Å². The maximum Gasteiger partial charge on any atom is 0.142 e. The molecule has 1 unspecified atom stereocenters. The maximum atomic E-state index is 6.30. The molecule has 0 aliphatic heterocycles. The van der Waals surface area contributed by atoms with Crippen LogP contribution in [0.4, 0.5) is 0 Å². The van der Waals surface area contributed by atoms with Crippen LogP contribution in [-0.4, -0.2) is 18.6 Å². The van der Waals surface area contributed by atoms with Gasteiger partial charge in [0.05, 0.1) is 13.2 Å². The molecule has 0 saturated carbocycles. The van der Waals surface area contributed by atoms with Crippen molar-refractivity contribution in [1.82, 2.24) is 10.3 Å². The summed E-state index contributed by atoms with van der Waals surface area (Å²) in [5.41, 5.74) is 1.68. The second kappa shape index (κ2) is 6.93. The first-order valence-electron chi connectivity index (χ1n) is 6.34. The second-order valence-electron chi connectivity index (χ2n) is 4.25. The van der Waals surface area contributed by atoms with Crippen LogP contribution >= 0.6 is 23.2 Å². The molecule has 1 aromatic heterocycles. The van der Waals surface area contributed by atoms with Crippen molar-refractivity contribution in [3.8, 4) is 5.75 Å². The molecule has 0 saturated heterocycles. The molecule has 1 aromatic carbocycles. The monoisotopic (exact) mass is 310 g/mol. The lowest BCUT2D eigenvalue weighted by molar-refractivity contribution is 0.400. The van der Waals surface area contributed by atoms with Crippen LogP contribution in [0.1, 0.15) is 24.2 Å². The summed E-state index contributed by atoms with van der Waals surface area (Å²) < 4.78 is 5.39. The van der Waals surface area contributed by atoms with Gasteiger partial charge in [0, 0.05) is 16.2 Å². The van der Waals surface area contributed by atoms with E-state index in [1.807, 2.05) is 25.1 Å². The third-order valence-corrected chi connectivity index (χ3v) is 3.55. The van der Waals surface area contributed by atoms with Gasteiger partial charge in [0.1, 0.15) is 11.4 Å². The van der Waals surface area contributed by atoms with Crippen molar-refractivity contribution in [2.75, 3.05) is 13.7 Å². The highest BCUT2D eigenvalue weighted by molar-refractivity contribution is 6.33. The molecule has 0 spiro atoms. The quantitative estimate of drug-likeness (QED) is 0.903. The number of aromatic nitrogens is 1. The molecule has 0 aliphatic carbocycles. The zero-order valence-corrected chi connectivity index (χ0v) is 12.9. The van der Waals surface area contributed by atoms with Gasteiger partial charge < -0.3 is 10.1 Å². The summed E-state index contributed by atoms with van der Waals surface area (Å²) in [5.74, 6) is 0.717. The lowest BCUT2D eigenvalue weighted by Gasteiger charge is -2.21. The van der Waals surface area contributed by atoms with E-state index in [2.05, 4.69) is 10.3 Å². The van der Waals surface area contributed by atoms with Crippen molar-refractivity contribution in [2.24, 2.45) is 0 Å². The van der Waals surface area contributed by atoms with Crippen LogP contribution < -0.4 is 10.1 Å². The molecule has 0 aliphatic rings. The molecule has 0 radical (unpaired) electrons. The van der Waals surface area contributed by atoms with Gasteiger partial charge in [-0.05, 0) is 42.4 Å². The Labute approximate surface area is 128 Å². The molecule has 20 heavy (non-hydrogen) atoms. The van der Waals surface area contributed by atoms with E-state index in [-0.39, 0.29) is 6.04 Å². The van der Waals surface area contributed by atoms with Gasteiger partial charge in [-0.2, -0.15) is 0 Å². The van der Waals surface area contributed by atoms with E-state index in [1.165, 1.54) is 0 Å². The van der Waals surface area contributed by atoms with Crippen LogP contribution in [0.25, 0.3) is 0 Å². The Hall–Kier alpha value is -1.29. The average Bonchev–Trinajstić information content (AvgIpc) is 2.47. The summed E-state index contributed by atoms with van der Waals surface area (Å²) in [6.07, 6.45) is 1.74. The fourth-order valence-corrected chi connectivity index (χ4v) is 2.49. The number of benzene rings is 1. The second-order valence-corrected chi connectivity index (χ2v) is 5.09. The number of nitrogens with zero attached hydrogens (tertiary/aromatic N) is 1. The van der Waals surface area contributed by atoms with Gasteiger partial charge in [0.2, 0.25) is 0 Å². The van der Waals surface area contributed by atoms with E-state index in [1.54, 1.807) is 25.4 Å².